The standard InChI is InChI=1S/C23H29N3O2S/c1-14(2)13-26(16-7-8-17(20(27)28)15(11-16)12-24)21-25-18-19(29-21)23(5,6)10-9-22(18,3)4/h7-8,11,14H,9-10,13H2,1-6H3,(H,27,28). The predicted octanol–water partition coefficient (Wildman–Crippen LogP) is 5.86. The number of nitriles is 1. The molecule has 0 bridgehead atoms. The third-order valence-corrected chi connectivity index (χ3v) is 7.14. The molecule has 2 aromatic rings. The summed E-state index contributed by atoms with van der Waals surface area (Å²) in [6, 6.07) is 7.00. The van der Waals surface area contributed by atoms with Crippen molar-refractivity contribution in [2.75, 3.05) is 11.4 Å². The highest BCUT2D eigenvalue weighted by Crippen LogP contribution is 2.50. The maximum Gasteiger partial charge on any atom is 0.337 e. The van der Waals surface area contributed by atoms with E-state index in [4.69, 9.17) is 4.98 Å². The van der Waals surface area contributed by atoms with Crippen LogP contribution >= 0.6 is 11.3 Å². The van der Waals surface area contributed by atoms with Crippen LogP contribution in [0.15, 0.2) is 18.2 Å². The Hall–Kier alpha value is -2.39. The van der Waals surface area contributed by atoms with E-state index in [1.807, 2.05) is 6.07 Å². The first kappa shape index (κ1) is 21.3. The number of nitrogens with zero attached hydrogens (tertiary/aromatic N) is 3. The van der Waals surface area contributed by atoms with Crippen molar-refractivity contribution in [3.05, 3.63) is 39.9 Å². The number of aromatic carboxylic acids is 1. The molecule has 0 saturated carbocycles. The van der Waals surface area contributed by atoms with Crippen LogP contribution < -0.4 is 4.90 Å². The summed E-state index contributed by atoms with van der Waals surface area (Å²) in [6.07, 6.45) is 2.23. The molecular formula is C23H29N3O2S. The molecule has 0 unspecified atom stereocenters. The van der Waals surface area contributed by atoms with Crippen molar-refractivity contribution >= 4 is 28.1 Å². The van der Waals surface area contributed by atoms with Crippen LogP contribution in [0, 0.1) is 17.2 Å². The van der Waals surface area contributed by atoms with Crippen LogP contribution in [0.2, 0.25) is 0 Å². The van der Waals surface area contributed by atoms with Gasteiger partial charge in [-0.3, -0.25) is 0 Å². The van der Waals surface area contributed by atoms with E-state index < -0.39 is 5.97 Å². The van der Waals surface area contributed by atoms with Crippen LogP contribution in [-0.4, -0.2) is 22.6 Å². The lowest BCUT2D eigenvalue weighted by atomic mass is 9.69. The number of hydrogen-bond acceptors (Lipinski definition) is 5. The van der Waals surface area contributed by atoms with Gasteiger partial charge in [0.1, 0.15) is 6.07 Å². The SMILES string of the molecule is CC(C)CN(c1ccc(C(=O)O)c(C#N)c1)c1nc2c(s1)C(C)(C)CCC2(C)C. The number of benzene rings is 1. The van der Waals surface area contributed by atoms with Gasteiger partial charge in [0.2, 0.25) is 0 Å². The van der Waals surface area contributed by atoms with E-state index in [0.717, 1.165) is 30.2 Å². The second kappa shape index (κ2) is 7.46. The second-order valence-electron chi connectivity index (χ2n) is 9.59. The average molecular weight is 412 g/mol. The molecule has 1 aliphatic carbocycles. The lowest BCUT2D eigenvalue weighted by molar-refractivity contribution is 0.0696. The molecule has 6 heteroatoms. The average Bonchev–Trinajstić information content (AvgIpc) is 3.10. The molecule has 154 valence electrons. The number of fused-ring (bicyclic) bond motifs is 1. The monoisotopic (exact) mass is 411 g/mol. The van der Waals surface area contributed by atoms with Crippen molar-refractivity contribution in [3.63, 3.8) is 0 Å². The number of carboxylic acid groups (broad SMARTS) is 1. The number of thiazole rings is 1. The van der Waals surface area contributed by atoms with E-state index >= 15 is 0 Å². The summed E-state index contributed by atoms with van der Waals surface area (Å²) in [6.45, 7) is 14.1. The van der Waals surface area contributed by atoms with E-state index in [1.54, 1.807) is 23.5 Å². The summed E-state index contributed by atoms with van der Waals surface area (Å²) < 4.78 is 0. The molecule has 0 amide bonds. The molecule has 0 radical (unpaired) electrons. The van der Waals surface area contributed by atoms with Gasteiger partial charge in [0.25, 0.3) is 0 Å². The Morgan fingerprint density at radius 2 is 1.93 bits per heavy atom. The predicted molar refractivity (Wildman–Crippen MR) is 117 cm³/mol. The molecule has 3 rings (SSSR count). The third-order valence-electron chi connectivity index (χ3n) is 5.69. The van der Waals surface area contributed by atoms with Crippen LogP contribution in [0.3, 0.4) is 0 Å². The molecule has 0 spiro atoms. The Kier molecular flexibility index (Phi) is 5.48. The van der Waals surface area contributed by atoms with Crippen LogP contribution in [0.1, 0.15) is 80.9 Å². The van der Waals surface area contributed by atoms with E-state index in [0.29, 0.717) is 5.92 Å². The van der Waals surface area contributed by atoms with Crippen LogP contribution in [-0.2, 0) is 10.8 Å². The molecule has 1 N–H and O–H groups in total. The van der Waals surface area contributed by atoms with E-state index in [9.17, 15) is 15.2 Å². The van der Waals surface area contributed by atoms with Gasteiger partial charge in [-0.2, -0.15) is 5.26 Å². The third kappa shape index (κ3) is 4.02. The van der Waals surface area contributed by atoms with Crippen molar-refractivity contribution in [1.29, 1.82) is 5.26 Å². The maximum absolute atomic E-state index is 11.4. The van der Waals surface area contributed by atoms with E-state index in [2.05, 4.69) is 46.4 Å². The van der Waals surface area contributed by atoms with Crippen molar-refractivity contribution < 1.29 is 9.90 Å². The lowest BCUT2D eigenvalue weighted by Gasteiger charge is -2.37. The zero-order valence-electron chi connectivity index (χ0n) is 18.0. The Labute approximate surface area is 177 Å². The topological polar surface area (TPSA) is 77.2 Å². The molecule has 1 aromatic carbocycles. The lowest BCUT2D eigenvalue weighted by Crippen LogP contribution is -2.32. The van der Waals surface area contributed by atoms with Gasteiger partial charge in [-0.1, -0.05) is 41.5 Å². The minimum Gasteiger partial charge on any atom is -0.478 e. The van der Waals surface area contributed by atoms with Gasteiger partial charge in [-0.15, -0.1) is 11.3 Å². The first-order chi connectivity index (χ1) is 13.5. The summed E-state index contributed by atoms with van der Waals surface area (Å²) in [4.78, 5) is 20.0. The molecule has 29 heavy (non-hydrogen) atoms. The fourth-order valence-corrected chi connectivity index (χ4v) is 5.24. The number of rotatable bonds is 5. The van der Waals surface area contributed by atoms with Crippen molar-refractivity contribution in [2.45, 2.75) is 65.2 Å². The first-order valence-electron chi connectivity index (χ1n) is 10.0. The highest BCUT2D eigenvalue weighted by atomic mass is 32.1. The van der Waals surface area contributed by atoms with Gasteiger partial charge in [-0.25, -0.2) is 9.78 Å². The summed E-state index contributed by atoms with van der Waals surface area (Å²) in [5, 5.41) is 19.7. The summed E-state index contributed by atoms with van der Waals surface area (Å²) in [5.41, 5.74) is 2.31. The van der Waals surface area contributed by atoms with Crippen LogP contribution in [0.25, 0.3) is 0 Å². The van der Waals surface area contributed by atoms with Gasteiger partial charge in [0.15, 0.2) is 5.13 Å². The fraction of sp³-hybridized carbons (Fsp3) is 0.522. The molecule has 0 saturated heterocycles. The van der Waals surface area contributed by atoms with Gasteiger partial charge >= 0.3 is 5.97 Å². The molecule has 0 aliphatic heterocycles. The number of hydrogen-bond donors (Lipinski definition) is 1. The first-order valence-corrected chi connectivity index (χ1v) is 10.8. The highest BCUT2D eigenvalue weighted by Gasteiger charge is 2.41. The van der Waals surface area contributed by atoms with Gasteiger partial charge in [0.05, 0.1) is 16.8 Å². The molecule has 1 aliphatic rings. The normalized spacial score (nSPS) is 16.9. The van der Waals surface area contributed by atoms with Gasteiger partial charge in [0, 0.05) is 27.9 Å². The second-order valence-corrected chi connectivity index (χ2v) is 10.6. The fourth-order valence-electron chi connectivity index (χ4n) is 3.84. The largest absolute Gasteiger partial charge is 0.478 e. The molecule has 1 heterocycles. The molecule has 0 fully saturated rings. The maximum atomic E-state index is 11.4. The number of aromatic nitrogens is 1. The van der Waals surface area contributed by atoms with Gasteiger partial charge in [-0.05, 0) is 37.0 Å². The smallest absolute Gasteiger partial charge is 0.337 e. The number of carboxylic acids is 1. The van der Waals surface area contributed by atoms with Crippen molar-refractivity contribution in [1.82, 2.24) is 4.98 Å². The summed E-state index contributed by atoms with van der Waals surface area (Å²) in [5.74, 6) is -0.710. The molecular weight excluding hydrogens is 382 g/mol. The van der Waals surface area contributed by atoms with Gasteiger partial charge < -0.3 is 10.0 Å². The Bertz CT molecular complexity index is 949. The number of anilines is 2. The zero-order chi connectivity index (χ0) is 21.6. The van der Waals surface area contributed by atoms with Crippen LogP contribution in [0.4, 0.5) is 10.8 Å². The molecule has 1 aromatic heterocycles. The van der Waals surface area contributed by atoms with Crippen LogP contribution in [0.5, 0.6) is 0 Å². The molecule has 5 nitrogen and oxygen atoms in total. The molecule has 0 atom stereocenters. The van der Waals surface area contributed by atoms with Crippen molar-refractivity contribution in [2.24, 2.45) is 5.92 Å². The quantitative estimate of drug-likeness (QED) is 0.667. The van der Waals surface area contributed by atoms with E-state index in [-0.39, 0.29) is 22.0 Å². The summed E-state index contributed by atoms with van der Waals surface area (Å²) in [7, 11) is 0. The summed E-state index contributed by atoms with van der Waals surface area (Å²) >= 11 is 1.73. The minimum atomic E-state index is -1.09. The Morgan fingerprint density at radius 1 is 1.28 bits per heavy atom. The Balaban J connectivity index is 2.14. The zero-order valence-corrected chi connectivity index (χ0v) is 18.9. The number of carbonyl (C=O) groups is 1. The minimum absolute atomic E-state index is 0.0291. The Morgan fingerprint density at radius 3 is 2.48 bits per heavy atom. The van der Waals surface area contributed by atoms with Crippen molar-refractivity contribution in [3.8, 4) is 6.07 Å². The highest BCUT2D eigenvalue weighted by molar-refractivity contribution is 7.16. The van der Waals surface area contributed by atoms with E-state index in [1.165, 1.54) is 16.6 Å².